The van der Waals surface area contributed by atoms with E-state index in [0.717, 1.165) is 14.7 Å². The van der Waals surface area contributed by atoms with Crippen molar-refractivity contribution in [1.82, 2.24) is 8.96 Å². The van der Waals surface area contributed by atoms with Crippen LogP contribution < -0.4 is 4.74 Å². The molecule has 0 amide bonds. The Bertz CT molecular complexity index is 1580. The van der Waals surface area contributed by atoms with Crippen molar-refractivity contribution in [2.45, 2.75) is 4.90 Å². The van der Waals surface area contributed by atoms with Gasteiger partial charge in [0.1, 0.15) is 11.4 Å². The second kappa shape index (κ2) is 7.62. The van der Waals surface area contributed by atoms with Crippen molar-refractivity contribution in [3.05, 3.63) is 90.9 Å². The van der Waals surface area contributed by atoms with E-state index in [0.29, 0.717) is 34.1 Å². The van der Waals surface area contributed by atoms with Crippen LogP contribution in [0.3, 0.4) is 0 Å². The zero-order valence-corrected chi connectivity index (χ0v) is 17.9. The molecule has 0 saturated carbocycles. The van der Waals surface area contributed by atoms with Crippen molar-refractivity contribution < 1.29 is 17.9 Å². The Kier molecular flexibility index (Phi) is 4.75. The van der Waals surface area contributed by atoms with Gasteiger partial charge >= 0.3 is 0 Å². The summed E-state index contributed by atoms with van der Waals surface area (Å²) in [6, 6.07) is 20.8. The van der Waals surface area contributed by atoms with Gasteiger partial charge < -0.3 is 4.74 Å². The SMILES string of the molecule is COc1ccc2c(c1)c(-c1cncc3ccccc13)c(C=O)n2S(=O)(=O)c1ccccc1. The van der Waals surface area contributed by atoms with Crippen molar-refractivity contribution >= 4 is 38.0 Å². The first kappa shape index (κ1) is 20.0. The van der Waals surface area contributed by atoms with E-state index in [1.807, 2.05) is 24.3 Å². The minimum atomic E-state index is -4.04. The Morgan fingerprint density at radius 1 is 0.906 bits per heavy atom. The van der Waals surface area contributed by atoms with E-state index >= 15 is 0 Å². The Balaban J connectivity index is 1.96. The van der Waals surface area contributed by atoms with E-state index in [-0.39, 0.29) is 10.6 Å². The zero-order chi connectivity index (χ0) is 22.3. The van der Waals surface area contributed by atoms with E-state index in [1.165, 1.54) is 12.1 Å². The highest BCUT2D eigenvalue weighted by Gasteiger charge is 2.28. The lowest BCUT2D eigenvalue weighted by Crippen LogP contribution is -2.15. The Morgan fingerprint density at radius 2 is 1.66 bits per heavy atom. The molecule has 0 fully saturated rings. The molecule has 0 aliphatic rings. The number of aldehydes is 1. The first-order chi connectivity index (χ1) is 15.6. The van der Waals surface area contributed by atoms with Crippen LogP contribution in [0.4, 0.5) is 0 Å². The quantitative estimate of drug-likeness (QED) is 0.361. The van der Waals surface area contributed by atoms with Gasteiger partial charge in [0.05, 0.1) is 17.5 Å². The molecule has 2 heterocycles. The molecule has 0 unspecified atom stereocenters. The van der Waals surface area contributed by atoms with Gasteiger partial charge in [0.15, 0.2) is 6.29 Å². The van der Waals surface area contributed by atoms with Gasteiger partial charge in [-0.3, -0.25) is 9.78 Å². The Morgan fingerprint density at radius 3 is 2.41 bits per heavy atom. The van der Waals surface area contributed by atoms with Crippen LogP contribution in [0, 0.1) is 0 Å². The maximum absolute atomic E-state index is 13.6. The van der Waals surface area contributed by atoms with Crippen molar-refractivity contribution in [1.29, 1.82) is 0 Å². The van der Waals surface area contributed by atoms with Crippen molar-refractivity contribution in [3.63, 3.8) is 0 Å². The number of rotatable bonds is 5. The molecule has 3 aromatic carbocycles. The normalized spacial score (nSPS) is 11.7. The number of pyridine rings is 1. The highest BCUT2D eigenvalue weighted by atomic mass is 32.2. The van der Waals surface area contributed by atoms with Crippen LogP contribution in [0.2, 0.25) is 0 Å². The lowest BCUT2D eigenvalue weighted by molar-refractivity contribution is 0.111. The number of nitrogens with zero attached hydrogens (tertiary/aromatic N) is 2. The summed E-state index contributed by atoms with van der Waals surface area (Å²) in [5, 5.41) is 2.34. The summed E-state index contributed by atoms with van der Waals surface area (Å²) in [5.74, 6) is 0.554. The zero-order valence-electron chi connectivity index (χ0n) is 17.1. The van der Waals surface area contributed by atoms with Gasteiger partial charge in [-0.25, -0.2) is 12.4 Å². The fourth-order valence-electron chi connectivity index (χ4n) is 4.05. The number of aromatic nitrogens is 2. The van der Waals surface area contributed by atoms with Crippen molar-refractivity contribution in [3.8, 4) is 16.9 Å². The second-order valence-corrected chi connectivity index (χ2v) is 9.04. The number of fused-ring (bicyclic) bond motifs is 2. The highest BCUT2D eigenvalue weighted by molar-refractivity contribution is 7.90. The van der Waals surface area contributed by atoms with Crippen LogP contribution in [0.1, 0.15) is 10.5 Å². The van der Waals surface area contributed by atoms with Crippen molar-refractivity contribution in [2.24, 2.45) is 0 Å². The summed E-state index contributed by atoms with van der Waals surface area (Å²) in [7, 11) is -2.50. The summed E-state index contributed by atoms with van der Waals surface area (Å²) in [5.41, 5.74) is 1.60. The molecule has 5 aromatic rings. The molecule has 5 rings (SSSR count). The van der Waals surface area contributed by atoms with Crippen LogP contribution in [-0.4, -0.2) is 30.8 Å². The number of hydrogen-bond donors (Lipinski definition) is 0. The fraction of sp³-hybridized carbons (Fsp3) is 0.0400. The number of carbonyl (C=O) groups excluding carboxylic acids is 1. The minimum Gasteiger partial charge on any atom is -0.497 e. The van der Waals surface area contributed by atoms with Crippen LogP contribution in [-0.2, 0) is 10.0 Å². The number of carbonyl (C=O) groups is 1. The van der Waals surface area contributed by atoms with Crippen molar-refractivity contribution in [2.75, 3.05) is 7.11 Å². The van der Waals surface area contributed by atoms with E-state index in [9.17, 15) is 13.2 Å². The third-order valence-corrected chi connectivity index (χ3v) is 7.24. The van der Waals surface area contributed by atoms with Crippen LogP contribution in [0.5, 0.6) is 5.75 Å². The summed E-state index contributed by atoms with van der Waals surface area (Å²) < 4.78 is 33.8. The standard InChI is InChI=1S/C25H18N2O4S/c1-31-18-11-12-23-21(13-18)25(22-15-26-14-17-7-5-6-10-20(17)22)24(16-28)27(23)32(29,30)19-8-3-2-4-9-19/h2-16H,1H3. The predicted octanol–water partition coefficient (Wildman–Crippen LogP) is 4.91. The molecule has 0 saturated heterocycles. The molecule has 0 radical (unpaired) electrons. The summed E-state index contributed by atoms with van der Waals surface area (Å²) >= 11 is 0. The van der Waals surface area contributed by atoms with Gasteiger partial charge in [-0.2, -0.15) is 0 Å². The van der Waals surface area contributed by atoms with Gasteiger partial charge in [0, 0.05) is 34.3 Å². The fourth-order valence-corrected chi connectivity index (χ4v) is 5.57. The lowest BCUT2D eigenvalue weighted by Gasteiger charge is -2.10. The van der Waals surface area contributed by atoms with Gasteiger partial charge in [-0.05, 0) is 35.7 Å². The monoisotopic (exact) mass is 442 g/mol. The largest absolute Gasteiger partial charge is 0.497 e. The minimum absolute atomic E-state index is 0.0373. The lowest BCUT2D eigenvalue weighted by atomic mass is 9.98. The Labute approximate surface area is 184 Å². The molecule has 2 aromatic heterocycles. The molecule has 7 heteroatoms. The van der Waals surface area contributed by atoms with E-state index in [1.54, 1.807) is 55.9 Å². The highest BCUT2D eigenvalue weighted by Crippen LogP contribution is 2.40. The molecule has 6 nitrogen and oxygen atoms in total. The number of hydrogen-bond acceptors (Lipinski definition) is 5. The molecule has 158 valence electrons. The molecule has 0 N–H and O–H groups in total. The number of ether oxygens (including phenoxy) is 1. The average Bonchev–Trinajstić information content (AvgIpc) is 3.18. The Hall–Kier alpha value is -3.97. The number of methoxy groups -OCH3 is 1. The van der Waals surface area contributed by atoms with Crippen LogP contribution in [0.25, 0.3) is 32.8 Å². The van der Waals surface area contributed by atoms with Crippen LogP contribution >= 0.6 is 0 Å². The average molecular weight is 442 g/mol. The summed E-state index contributed by atoms with van der Waals surface area (Å²) in [6.45, 7) is 0. The third kappa shape index (κ3) is 2.98. The maximum atomic E-state index is 13.6. The molecule has 0 aliphatic carbocycles. The smallest absolute Gasteiger partial charge is 0.268 e. The molecule has 0 aliphatic heterocycles. The first-order valence-corrected chi connectivity index (χ1v) is 11.3. The van der Waals surface area contributed by atoms with Crippen LogP contribution in [0.15, 0.2) is 90.1 Å². The van der Waals surface area contributed by atoms with Gasteiger partial charge in [0.2, 0.25) is 0 Å². The third-order valence-electron chi connectivity index (χ3n) is 5.50. The predicted molar refractivity (Wildman–Crippen MR) is 124 cm³/mol. The van der Waals surface area contributed by atoms with Gasteiger partial charge in [-0.1, -0.05) is 42.5 Å². The maximum Gasteiger partial charge on any atom is 0.268 e. The first-order valence-electron chi connectivity index (χ1n) is 9.87. The van der Waals surface area contributed by atoms with E-state index < -0.39 is 10.0 Å². The second-order valence-electron chi connectivity index (χ2n) is 7.25. The molecule has 0 spiro atoms. The summed E-state index contributed by atoms with van der Waals surface area (Å²) in [6.07, 6.45) is 3.98. The van der Waals surface area contributed by atoms with Gasteiger partial charge in [0.25, 0.3) is 10.0 Å². The topological polar surface area (TPSA) is 78.3 Å². The number of benzene rings is 3. The molecular formula is C25H18N2O4S. The van der Waals surface area contributed by atoms with E-state index in [2.05, 4.69) is 4.98 Å². The molecular weight excluding hydrogens is 424 g/mol. The summed E-state index contributed by atoms with van der Waals surface area (Å²) in [4.78, 5) is 16.9. The van der Waals surface area contributed by atoms with E-state index in [4.69, 9.17) is 4.74 Å². The molecule has 0 bridgehead atoms. The van der Waals surface area contributed by atoms with Gasteiger partial charge in [-0.15, -0.1) is 0 Å². The molecule has 32 heavy (non-hydrogen) atoms. The molecule has 0 atom stereocenters.